The Hall–Kier alpha value is -2.68. The van der Waals surface area contributed by atoms with Crippen molar-refractivity contribution in [1.82, 2.24) is 4.98 Å². The molecule has 0 spiro atoms. The number of phenolic OH excluding ortho intramolecular Hbond substituents is 2. The van der Waals surface area contributed by atoms with Crippen molar-refractivity contribution in [3.8, 4) is 11.5 Å². The first-order valence-electron chi connectivity index (χ1n) is 6.09. The third-order valence-electron chi connectivity index (χ3n) is 3.25. The van der Waals surface area contributed by atoms with E-state index < -0.39 is 32.2 Å². The van der Waals surface area contributed by atoms with Crippen molar-refractivity contribution in [1.29, 1.82) is 0 Å². The SMILES string of the molecule is COC(=O)c1ccc2c(O)c3c(c(O)c2n1)N=CCS3(=O)=O. The first kappa shape index (κ1) is 14.3. The van der Waals surface area contributed by atoms with Crippen molar-refractivity contribution < 1.29 is 28.2 Å². The average molecular weight is 322 g/mol. The van der Waals surface area contributed by atoms with Gasteiger partial charge in [-0.15, -0.1) is 0 Å². The second-order valence-corrected chi connectivity index (χ2v) is 6.52. The number of sulfone groups is 1. The number of carbonyl (C=O) groups excluding carboxylic acids is 1. The maximum atomic E-state index is 12.1. The lowest BCUT2D eigenvalue weighted by Crippen LogP contribution is -2.12. The molecule has 2 aromatic rings. The Morgan fingerprint density at radius 1 is 1.27 bits per heavy atom. The lowest BCUT2D eigenvalue weighted by molar-refractivity contribution is 0.0594. The molecule has 2 heterocycles. The van der Waals surface area contributed by atoms with Gasteiger partial charge in [0.15, 0.2) is 15.6 Å². The largest absolute Gasteiger partial charge is 0.506 e. The molecule has 0 unspecified atom stereocenters. The van der Waals surface area contributed by atoms with Crippen molar-refractivity contribution in [2.75, 3.05) is 12.9 Å². The molecule has 9 heteroatoms. The van der Waals surface area contributed by atoms with E-state index in [1.54, 1.807) is 0 Å². The molecule has 0 radical (unpaired) electrons. The first-order valence-corrected chi connectivity index (χ1v) is 7.74. The zero-order chi connectivity index (χ0) is 16.1. The summed E-state index contributed by atoms with van der Waals surface area (Å²) in [5.41, 5.74) is -0.508. The summed E-state index contributed by atoms with van der Waals surface area (Å²) >= 11 is 0. The Morgan fingerprint density at radius 3 is 2.68 bits per heavy atom. The molecular weight excluding hydrogens is 312 g/mol. The quantitative estimate of drug-likeness (QED) is 0.590. The number of methoxy groups -OCH3 is 1. The molecule has 0 amide bonds. The normalized spacial score (nSPS) is 15.5. The topological polar surface area (TPSA) is 126 Å². The van der Waals surface area contributed by atoms with Gasteiger partial charge in [-0.1, -0.05) is 0 Å². The molecule has 1 aromatic heterocycles. The van der Waals surface area contributed by atoms with Crippen LogP contribution in [0.25, 0.3) is 10.9 Å². The average Bonchev–Trinajstić information content (AvgIpc) is 2.50. The highest BCUT2D eigenvalue weighted by Gasteiger charge is 2.31. The number of aromatic hydroxyl groups is 2. The summed E-state index contributed by atoms with van der Waals surface area (Å²) in [6.07, 6.45) is 1.12. The summed E-state index contributed by atoms with van der Waals surface area (Å²) in [7, 11) is -2.62. The summed E-state index contributed by atoms with van der Waals surface area (Å²) in [4.78, 5) is 18.8. The lowest BCUT2D eigenvalue weighted by atomic mass is 10.1. The van der Waals surface area contributed by atoms with Crippen LogP contribution in [0.5, 0.6) is 11.5 Å². The molecule has 1 aromatic carbocycles. The number of phenols is 2. The number of aromatic nitrogens is 1. The Bertz CT molecular complexity index is 949. The van der Waals surface area contributed by atoms with Crippen LogP contribution in [0.2, 0.25) is 0 Å². The minimum absolute atomic E-state index is 0.00424. The van der Waals surface area contributed by atoms with E-state index in [0.29, 0.717) is 0 Å². The van der Waals surface area contributed by atoms with E-state index in [9.17, 15) is 23.4 Å². The summed E-state index contributed by atoms with van der Waals surface area (Å²) < 4.78 is 28.6. The molecule has 1 aliphatic rings. The van der Waals surface area contributed by atoms with E-state index in [4.69, 9.17) is 0 Å². The molecule has 3 rings (SSSR count). The van der Waals surface area contributed by atoms with Gasteiger partial charge < -0.3 is 14.9 Å². The molecule has 0 saturated heterocycles. The minimum Gasteiger partial charge on any atom is -0.506 e. The van der Waals surface area contributed by atoms with Crippen molar-refractivity contribution in [3.63, 3.8) is 0 Å². The smallest absolute Gasteiger partial charge is 0.356 e. The van der Waals surface area contributed by atoms with Crippen molar-refractivity contribution >= 4 is 38.6 Å². The highest BCUT2D eigenvalue weighted by molar-refractivity contribution is 7.92. The van der Waals surface area contributed by atoms with Gasteiger partial charge in [-0.3, -0.25) is 4.99 Å². The van der Waals surface area contributed by atoms with Crippen LogP contribution in [0.15, 0.2) is 22.0 Å². The maximum Gasteiger partial charge on any atom is 0.356 e. The molecule has 1 aliphatic heterocycles. The van der Waals surface area contributed by atoms with Gasteiger partial charge in [0.2, 0.25) is 0 Å². The lowest BCUT2D eigenvalue weighted by Gasteiger charge is -2.16. The van der Waals surface area contributed by atoms with Crippen molar-refractivity contribution in [2.24, 2.45) is 4.99 Å². The molecule has 8 nitrogen and oxygen atoms in total. The fourth-order valence-corrected chi connectivity index (χ4v) is 3.51. The van der Waals surface area contributed by atoms with Crippen LogP contribution < -0.4 is 0 Å². The van der Waals surface area contributed by atoms with E-state index in [0.717, 1.165) is 6.21 Å². The fourth-order valence-electron chi connectivity index (χ4n) is 2.23. The molecule has 0 saturated carbocycles. The molecule has 114 valence electrons. The van der Waals surface area contributed by atoms with E-state index in [1.165, 1.54) is 19.2 Å². The van der Waals surface area contributed by atoms with E-state index in [1.807, 2.05) is 0 Å². The van der Waals surface area contributed by atoms with Gasteiger partial charge in [-0.2, -0.15) is 0 Å². The Kier molecular flexibility index (Phi) is 3.03. The first-order chi connectivity index (χ1) is 10.4. The second-order valence-electron chi connectivity index (χ2n) is 4.55. The predicted octanol–water partition coefficient (Wildman–Crippen LogP) is 0.922. The van der Waals surface area contributed by atoms with Crippen LogP contribution in [0.3, 0.4) is 0 Å². The molecule has 0 aliphatic carbocycles. The monoisotopic (exact) mass is 322 g/mol. The van der Waals surface area contributed by atoms with Gasteiger partial charge in [-0.25, -0.2) is 18.2 Å². The zero-order valence-corrected chi connectivity index (χ0v) is 12.1. The van der Waals surface area contributed by atoms with Crippen LogP contribution in [0.4, 0.5) is 5.69 Å². The number of ether oxygens (including phenoxy) is 1. The number of benzene rings is 1. The number of rotatable bonds is 1. The summed E-state index contributed by atoms with van der Waals surface area (Å²) in [5.74, 6) is -2.17. The number of hydrogen-bond acceptors (Lipinski definition) is 8. The van der Waals surface area contributed by atoms with E-state index in [2.05, 4.69) is 14.7 Å². The fraction of sp³-hybridized carbons (Fsp3) is 0.154. The number of fused-ring (bicyclic) bond motifs is 2. The van der Waals surface area contributed by atoms with Gasteiger partial charge in [0.25, 0.3) is 0 Å². The second kappa shape index (κ2) is 4.67. The van der Waals surface area contributed by atoms with Crippen LogP contribution in [-0.4, -0.2) is 48.7 Å². The number of hydrogen-bond donors (Lipinski definition) is 2. The number of nitrogens with zero attached hydrogens (tertiary/aromatic N) is 2. The zero-order valence-electron chi connectivity index (χ0n) is 11.3. The Balaban J connectivity index is 2.44. The third kappa shape index (κ3) is 1.90. The molecule has 22 heavy (non-hydrogen) atoms. The Labute approximate surface area is 124 Å². The standard InChI is InChI=1S/C13H10N2O6S/c1-21-13(18)7-3-2-6-8(15-7)11(17)9-12(10(6)16)22(19,20)5-4-14-9/h2-4,16-17H,5H2,1H3. The van der Waals surface area contributed by atoms with Gasteiger partial charge in [-0.05, 0) is 12.1 Å². The molecule has 0 atom stereocenters. The van der Waals surface area contributed by atoms with Gasteiger partial charge >= 0.3 is 5.97 Å². The van der Waals surface area contributed by atoms with Crippen molar-refractivity contribution in [2.45, 2.75) is 4.90 Å². The Morgan fingerprint density at radius 2 is 2.00 bits per heavy atom. The highest BCUT2D eigenvalue weighted by atomic mass is 32.2. The van der Waals surface area contributed by atoms with Crippen LogP contribution in [-0.2, 0) is 14.6 Å². The summed E-state index contributed by atoms with van der Waals surface area (Å²) in [5, 5.41) is 20.5. The van der Waals surface area contributed by atoms with Gasteiger partial charge in [0.1, 0.15) is 27.5 Å². The molecule has 0 bridgehead atoms. The highest BCUT2D eigenvalue weighted by Crippen LogP contribution is 2.47. The minimum atomic E-state index is -3.80. The van der Waals surface area contributed by atoms with Crippen LogP contribution in [0.1, 0.15) is 10.5 Å². The van der Waals surface area contributed by atoms with Crippen LogP contribution in [0, 0.1) is 0 Å². The summed E-state index contributed by atoms with van der Waals surface area (Å²) in [6, 6.07) is 2.55. The van der Waals surface area contributed by atoms with Crippen molar-refractivity contribution in [3.05, 3.63) is 17.8 Å². The maximum absolute atomic E-state index is 12.1. The van der Waals surface area contributed by atoms with Crippen LogP contribution >= 0.6 is 0 Å². The number of carbonyl (C=O) groups is 1. The number of esters is 1. The predicted molar refractivity (Wildman–Crippen MR) is 76.6 cm³/mol. The molecule has 2 N–H and O–H groups in total. The number of pyridine rings is 1. The third-order valence-corrected chi connectivity index (χ3v) is 4.85. The number of aliphatic imine (C=N–C) groups is 1. The molecule has 0 fully saturated rings. The summed E-state index contributed by atoms with van der Waals surface area (Å²) in [6.45, 7) is 0. The van der Waals surface area contributed by atoms with E-state index >= 15 is 0 Å². The van der Waals surface area contributed by atoms with Gasteiger partial charge in [0, 0.05) is 11.6 Å². The molecular formula is C13H10N2O6S. The van der Waals surface area contributed by atoms with Gasteiger partial charge in [0.05, 0.1) is 12.9 Å². The van der Waals surface area contributed by atoms with E-state index in [-0.39, 0.29) is 28.0 Å².